The number of benzene rings is 2. The van der Waals surface area contributed by atoms with Gasteiger partial charge in [0, 0.05) is 31.1 Å². The molecule has 0 saturated carbocycles. The van der Waals surface area contributed by atoms with Crippen LogP contribution in [0.4, 0.5) is 0 Å². The van der Waals surface area contributed by atoms with Gasteiger partial charge in [0.2, 0.25) is 5.91 Å². The number of methoxy groups -OCH3 is 3. The Morgan fingerprint density at radius 2 is 1.83 bits per heavy atom. The molecule has 1 fully saturated rings. The Morgan fingerprint density at radius 3 is 2.51 bits per heavy atom. The minimum atomic E-state index is -0.152. The Labute approximate surface area is 208 Å². The van der Waals surface area contributed by atoms with Crippen molar-refractivity contribution < 1.29 is 23.7 Å². The zero-order valence-electron chi connectivity index (χ0n) is 21.3. The first-order chi connectivity index (χ1) is 17.1. The molecule has 7 heteroatoms. The number of fused-ring (bicyclic) bond motifs is 2. The lowest BCUT2D eigenvalue weighted by molar-refractivity contribution is -0.124. The zero-order chi connectivity index (χ0) is 24.8. The smallest absolute Gasteiger partial charge is 0.220 e. The third-order valence-electron chi connectivity index (χ3n) is 7.53. The SMILES string of the molecule is CCC(=O)N[C@@H]1c2ccccc2C2(CCN(Cc3cc(OC)ccc3OC)CC2)[C@H]1OCCOC. The first kappa shape index (κ1) is 25.5. The number of nitrogens with zero attached hydrogens (tertiary/aromatic N) is 1. The molecule has 1 heterocycles. The van der Waals surface area contributed by atoms with Gasteiger partial charge in [-0.2, -0.15) is 0 Å². The van der Waals surface area contributed by atoms with Crippen LogP contribution < -0.4 is 14.8 Å². The van der Waals surface area contributed by atoms with Crippen molar-refractivity contribution in [2.45, 2.75) is 50.3 Å². The molecule has 1 aliphatic carbocycles. The first-order valence-corrected chi connectivity index (χ1v) is 12.5. The molecule has 1 aliphatic heterocycles. The Balaban J connectivity index is 1.58. The van der Waals surface area contributed by atoms with Gasteiger partial charge < -0.3 is 24.3 Å². The Hall–Kier alpha value is -2.61. The number of rotatable bonds is 10. The number of likely N-dealkylation sites (tertiary alicyclic amines) is 1. The predicted octanol–water partition coefficient (Wildman–Crippen LogP) is 3.85. The van der Waals surface area contributed by atoms with Crippen LogP contribution in [0.25, 0.3) is 0 Å². The van der Waals surface area contributed by atoms with E-state index in [1.54, 1.807) is 21.3 Å². The minimum Gasteiger partial charge on any atom is -0.497 e. The molecular weight excluding hydrogens is 444 g/mol. The molecule has 0 bridgehead atoms. The number of amides is 1. The second-order valence-corrected chi connectivity index (χ2v) is 9.38. The number of carbonyl (C=O) groups is 1. The fraction of sp³-hybridized carbons (Fsp3) is 0.536. The van der Waals surface area contributed by atoms with Crippen LogP contribution in [0.1, 0.15) is 48.9 Å². The van der Waals surface area contributed by atoms with Gasteiger partial charge in [0.05, 0.1) is 39.6 Å². The van der Waals surface area contributed by atoms with Crippen molar-refractivity contribution in [1.82, 2.24) is 10.2 Å². The van der Waals surface area contributed by atoms with E-state index in [4.69, 9.17) is 18.9 Å². The van der Waals surface area contributed by atoms with Gasteiger partial charge in [0.1, 0.15) is 11.5 Å². The summed E-state index contributed by atoms with van der Waals surface area (Å²) < 4.78 is 22.8. The highest BCUT2D eigenvalue weighted by Gasteiger charge is 2.54. The van der Waals surface area contributed by atoms with E-state index in [-0.39, 0.29) is 23.5 Å². The maximum atomic E-state index is 12.5. The summed E-state index contributed by atoms with van der Waals surface area (Å²) in [5.74, 6) is 1.75. The number of nitrogens with one attached hydrogen (secondary N) is 1. The molecule has 2 aromatic carbocycles. The minimum absolute atomic E-state index is 0.0461. The van der Waals surface area contributed by atoms with E-state index in [9.17, 15) is 4.79 Å². The average Bonchev–Trinajstić information content (AvgIpc) is 3.14. The molecule has 1 spiro atoms. The third kappa shape index (κ3) is 5.17. The summed E-state index contributed by atoms with van der Waals surface area (Å²) in [5, 5.41) is 3.26. The Morgan fingerprint density at radius 1 is 1.06 bits per heavy atom. The van der Waals surface area contributed by atoms with Crippen molar-refractivity contribution in [2.75, 3.05) is 47.6 Å². The summed E-state index contributed by atoms with van der Waals surface area (Å²) in [6.45, 7) is 5.56. The molecule has 0 aromatic heterocycles. The van der Waals surface area contributed by atoms with Crippen molar-refractivity contribution in [3.8, 4) is 11.5 Å². The second-order valence-electron chi connectivity index (χ2n) is 9.38. The Bertz CT molecular complexity index is 1000. The van der Waals surface area contributed by atoms with E-state index < -0.39 is 0 Å². The van der Waals surface area contributed by atoms with E-state index >= 15 is 0 Å². The number of piperidine rings is 1. The summed E-state index contributed by atoms with van der Waals surface area (Å²) in [6, 6.07) is 14.3. The van der Waals surface area contributed by atoms with Crippen LogP contribution in [0.15, 0.2) is 42.5 Å². The quantitative estimate of drug-likeness (QED) is 0.519. The van der Waals surface area contributed by atoms with E-state index in [2.05, 4.69) is 40.5 Å². The third-order valence-corrected chi connectivity index (χ3v) is 7.53. The summed E-state index contributed by atoms with van der Waals surface area (Å²) in [5.41, 5.74) is 3.46. The lowest BCUT2D eigenvalue weighted by Crippen LogP contribution is -2.51. The number of ether oxygens (including phenoxy) is 4. The van der Waals surface area contributed by atoms with Crippen molar-refractivity contribution in [3.05, 3.63) is 59.2 Å². The van der Waals surface area contributed by atoms with Crippen LogP contribution in [-0.2, 0) is 26.2 Å². The lowest BCUT2D eigenvalue weighted by Gasteiger charge is -2.44. The second kappa shape index (κ2) is 11.4. The largest absolute Gasteiger partial charge is 0.497 e. The van der Waals surface area contributed by atoms with E-state index in [1.807, 2.05) is 19.1 Å². The van der Waals surface area contributed by atoms with E-state index in [1.165, 1.54) is 11.1 Å². The summed E-state index contributed by atoms with van der Waals surface area (Å²) >= 11 is 0. The van der Waals surface area contributed by atoms with Gasteiger partial charge in [-0.3, -0.25) is 9.69 Å². The standard InChI is InChI=1S/C28H38N2O5/c1-5-25(31)29-26-22-8-6-7-9-23(22)28(27(26)35-17-16-32-2)12-14-30(15-13-28)19-20-18-21(33-3)10-11-24(20)34-4/h6-11,18,26-27H,5,12-17,19H2,1-4H3,(H,29,31)/t26-,27+/m1/s1. The molecule has 4 rings (SSSR count). The zero-order valence-corrected chi connectivity index (χ0v) is 21.3. The van der Waals surface area contributed by atoms with Crippen molar-refractivity contribution >= 4 is 5.91 Å². The van der Waals surface area contributed by atoms with Crippen LogP contribution in [0.3, 0.4) is 0 Å². The summed E-state index contributed by atoms with van der Waals surface area (Å²) in [4.78, 5) is 14.9. The molecule has 2 atom stereocenters. The van der Waals surface area contributed by atoms with Crippen LogP contribution >= 0.6 is 0 Å². The van der Waals surface area contributed by atoms with Crippen LogP contribution in [0, 0.1) is 0 Å². The molecule has 2 aliphatic rings. The molecule has 1 saturated heterocycles. The van der Waals surface area contributed by atoms with E-state index in [0.29, 0.717) is 19.6 Å². The summed E-state index contributed by atoms with van der Waals surface area (Å²) in [7, 11) is 5.08. The highest BCUT2D eigenvalue weighted by molar-refractivity contribution is 5.76. The normalized spacial score (nSPS) is 21.0. The van der Waals surface area contributed by atoms with Gasteiger partial charge in [0.15, 0.2) is 0 Å². The van der Waals surface area contributed by atoms with Crippen LogP contribution in [0.5, 0.6) is 11.5 Å². The first-order valence-electron chi connectivity index (χ1n) is 12.5. The molecule has 190 valence electrons. The molecule has 35 heavy (non-hydrogen) atoms. The highest BCUT2D eigenvalue weighted by atomic mass is 16.5. The molecule has 7 nitrogen and oxygen atoms in total. The Kier molecular flexibility index (Phi) is 8.31. The predicted molar refractivity (Wildman–Crippen MR) is 135 cm³/mol. The van der Waals surface area contributed by atoms with Gasteiger partial charge in [-0.25, -0.2) is 0 Å². The van der Waals surface area contributed by atoms with Crippen molar-refractivity contribution in [1.29, 1.82) is 0 Å². The maximum Gasteiger partial charge on any atom is 0.220 e. The van der Waals surface area contributed by atoms with Crippen molar-refractivity contribution in [3.63, 3.8) is 0 Å². The molecule has 1 N–H and O–H groups in total. The topological polar surface area (TPSA) is 69.3 Å². The van der Waals surface area contributed by atoms with Crippen LogP contribution in [0.2, 0.25) is 0 Å². The molecular formula is C28H38N2O5. The van der Waals surface area contributed by atoms with Gasteiger partial charge in [-0.15, -0.1) is 0 Å². The number of hydrogen-bond acceptors (Lipinski definition) is 6. The van der Waals surface area contributed by atoms with Gasteiger partial charge in [0.25, 0.3) is 0 Å². The molecule has 2 aromatic rings. The van der Waals surface area contributed by atoms with Gasteiger partial charge >= 0.3 is 0 Å². The maximum absolute atomic E-state index is 12.5. The molecule has 0 unspecified atom stereocenters. The number of carbonyl (C=O) groups excluding carboxylic acids is 1. The molecule has 1 amide bonds. The molecule has 0 radical (unpaired) electrons. The summed E-state index contributed by atoms with van der Waals surface area (Å²) in [6.07, 6.45) is 2.23. The van der Waals surface area contributed by atoms with Crippen LogP contribution in [-0.4, -0.2) is 64.5 Å². The lowest BCUT2D eigenvalue weighted by atomic mass is 9.71. The average molecular weight is 483 g/mol. The highest BCUT2D eigenvalue weighted by Crippen LogP contribution is 2.52. The van der Waals surface area contributed by atoms with E-state index in [0.717, 1.165) is 49.5 Å². The van der Waals surface area contributed by atoms with Gasteiger partial charge in [-0.1, -0.05) is 31.2 Å². The number of hydrogen-bond donors (Lipinski definition) is 1. The van der Waals surface area contributed by atoms with Crippen molar-refractivity contribution in [2.24, 2.45) is 0 Å². The monoisotopic (exact) mass is 482 g/mol. The van der Waals surface area contributed by atoms with Gasteiger partial charge in [-0.05, 0) is 55.3 Å². The fourth-order valence-electron chi connectivity index (χ4n) is 5.71. The fourth-order valence-corrected chi connectivity index (χ4v) is 5.71.